The van der Waals surface area contributed by atoms with Crippen LogP contribution in [-0.2, 0) is 15.3 Å². The number of ether oxygens (including phenoxy) is 2. The molecule has 0 aromatic heterocycles. The van der Waals surface area contributed by atoms with E-state index in [4.69, 9.17) is 9.47 Å². The summed E-state index contributed by atoms with van der Waals surface area (Å²) in [6.07, 6.45) is 0.0228. The molecule has 0 bridgehead atoms. The van der Waals surface area contributed by atoms with E-state index in [1.54, 1.807) is 48.5 Å². The Morgan fingerprint density at radius 3 is 1.39 bits per heavy atom. The molecular formula is C33H36O4S. The number of benzene rings is 4. The molecule has 0 aliphatic heterocycles. The van der Waals surface area contributed by atoms with Crippen molar-refractivity contribution in [1.82, 2.24) is 0 Å². The summed E-state index contributed by atoms with van der Waals surface area (Å²) in [7, 11) is -3.64. The van der Waals surface area contributed by atoms with Crippen molar-refractivity contribution >= 4 is 9.84 Å². The van der Waals surface area contributed by atoms with Crippen LogP contribution in [0.1, 0.15) is 64.2 Å². The van der Waals surface area contributed by atoms with Gasteiger partial charge in [-0.3, -0.25) is 0 Å². The Morgan fingerprint density at radius 2 is 0.974 bits per heavy atom. The van der Waals surface area contributed by atoms with Crippen LogP contribution in [-0.4, -0.2) is 14.5 Å². The normalized spacial score (nSPS) is 12.1. The molecule has 4 aromatic rings. The van der Waals surface area contributed by atoms with E-state index >= 15 is 0 Å². The molecule has 4 nitrogen and oxygen atoms in total. The third-order valence-corrected chi connectivity index (χ3v) is 8.54. The summed E-state index contributed by atoms with van der Waals surface area (Å²) in [5.74, 6) is 2.41. The second-order valence-electron chi connectivity index (χ2n) is 10.6. The van der Waals surface area contributed by atoms with Crippen LogP contribution in [0.4, 0.5) is 0 Å². The summed E-state index contributed by atoms with van der Waals surface area (Å²) in [6.45, 7) is 12.7. The maximum absolute atomic E-state index is 13.1. The highest BCUT2D eigenvalue weighted by molar-refractivity contribution is 7.91. The van der Waals surface area contributed by atoms with Crippen molar-refractivity contribution in [1.29, 1.82) is 0 Å². The fraction of sp³-hybridized carbons (Fsp3) is 0.273. The van der Waals surface area contributed by atoms with Crippen LogP contribution in [0.25, 0.3) is 0 Å². The second kappa shape index (κ2) is 11.0. The number of hydrogen-bond acceptors (Lipinski definition) is 4. The van der Waals surface area contributed by atoms with Crippen LogP contribution < -0.4 is 9.47 Å². The van der Waals surface area contributed by atoms with Crippen LogP contribution >= 0.6 is 0 Å². The first kappa shape index (κ1) is 27.5. The van der Waals surface area contributed by atoms with Crippen molar-refractivity contribution in [2.45, 2.75) is 68.8 Å². The van der Waals surface area contributed by atoms with Gasteiger partial charge in [-0.15, -0.1) is 0 Å². The molecule has 0 amide bonds. The Kier molecular flexibility index (Phi) is 7.98. The van der Waals surface area contributed by atoms with Crippen molar-refractivity contribution in [3.63, 3.8) is 0 Å². The lowest BCUT2D eigenvalue weighted by Crippen LogP contribution is -2.18. The molecule has 0 saturated carbocycles. The van der Waals surface area contributed by atoms with Gasteiger partial charge in [0.25, 0.3) is 0 Å². The summed E-state index contributed by atoms with van der Waals surface area (Å²) >= 11 is 0. The Balaban J connectivity index is 1.45. The van der Waals surface area contributed by atoms with Gasteiger partial charge in [0.2, 0.25) is 9.84 Å². The minimum Gasteiger partial charge on any atom is -0.491 e. The fourth-order valence-corrected chi connectivity index (χ4v) is 5.58. The van der Waals surface area contributed by atoms with Crippen molar-refractivity contribution in [3.05, 3.63) is 114 Å². The minimum absolute atomic E-state index is 0.0228. The molecule has 0 radical (unpaired) electrons. The maximum Gasteiger partial charge on any atom is 0.206 e. The first-order valence-electron chi connectivity index (χ1n) is 13.0. The summed E-state index contributed by atoms with van der Waals surface area (Å²) in [4.78, 5) is 0.433. The Bertz CT molecular complexity index is 1450. The molecule has 0 heterocycles. The van der Waals surface area contributed by atoms with Crippen molar-refractivity contribution in [3.8, 4) is 17.2 Å². The molecule has 5 heteroatoms. The smallest absolute Gasteiger partial charge is 0.206 e. The van der Waals surface area contributed by atoms with Gasteiger partial charge in [0.1, 0.15) is 17.2 Å². The average molecular weight is 529 g/mol. The van der Waals surface area contributed by atoms with E-state index in [0.717, 1.165) is 0 Å². The molecule has 0 unspecified atom stereocenters. The largest absolute Gasteiger partial charge is 0.491 e. The molecule has 0 saturated heterocycles. The van der Waals surface area contributed by atoms with Crippen LogP contribution in [0.15, 0.2) is 107 Å². The van der Waals surface area contributed by atoms with Crippen LogP contribution in [0.3, 0.4) is 0 Å². The van der Waals surface area contributed by atoms with Gasteiger partial charge in [-0.2, -0.15) is 0 Å². The average Bonchev–Trinajstić information content (AvgIpc) is 2.89. The number of rotatable bonds is 9. The molecule has 0 atom stereocenters. The first-order valence-corrected chi connectivity index (χ1v) is 14.5. The fourth-order valence-electron chi connectivity index (χ4n) is 4.32. The van der Waals surface area contributed by atoms with E-state index in [0.29, 0.717) is 23.2 Å². The van der Waals surface area contributed by atoms with E-state index in [-0.39, 0.29) is 21.3 Å². The van der Waals surface area contributed by atoms with Crippen LogP contribution in [0, 0.1) is 0 Å². The summed E-state index contributed by atoms with van der Waals surface area (Å²) in [6, 6.07) is 29.9. The lowest BCUT2D eigenvalue weighted by molar-refractivity contribution is 0.242. The number of hydrogen-bond donors (Lipinski definition) is 0. The van der Waals surface area contributed by atoms with E-state index in [1.807, 2.05) is 26.0 Å². The predicted octanol–water partition coefficient (Wildman–Crippen LogP) is 8.55. The summed E-state index contributed by atoms with van der Waals surface area (Å²) in [5, 5.41) is 0. The van der Waals surface area contributed by atoms with Crippen molar-refractivity contribution in [2.75, 3.05) is 0 Å². The van der Waals surface area contributed by atoms with Crippen molar-refractivity contribution < 1.29 is 17.9 Å². The molecule has 4 aromatic carbocycles. The van der Waals surface area contributed by atoms with Crippen LogP contribution in [0.5, 0.6) is 17.2 Å². The highest BCUT2D eigenvalue weighted by Crippen LogP contribution is 2.34. The topological polar surface area (TPSA) is 52.6 Å². The van der Waals surface area contributed by atoms with E-state index < -0.39 is 9.84 Å². The minimum atomic E-state index is -3.64. The van der Waals surface area contributed by atoms with E-state index in [1.165, 1.54) is 16.7 Å². The van der Waals surface area contributed by atoms with Gasteiger partial charge < -0.3 is 9.47 Å². The zero-order valence-corrected chi connectivity index (χ0v) is 23.8. The molecule has 0 fully saturated rings. The summed E-state index contributed by atoms with van der Waals surface area (Å²) < 4.78 is 37.7. The lowest BCUT2D eigenvalue weighted by Gasteiger charge is -2.27. The quantitative estimate of drug-likeness (QED) is 0.218. The highest BCUT2D eigenvalue weighted by Gasteiger charge is 2.23. The maximum atomic E-state index is 13.1. The Labute approximate surface area is 227 Å². The third-order valence-electron chi connectivity index (χ3n) is 6.75. The standard InChI is InChI=1S/C33H36O4S/c1-23(2)25-7-9-26(10-8-25)33(5,6)27-11-13-29(14-12-27)37-30-17-21-32(22-18-30)38(34,35)31-19-15-28(16-20-31)36-24(3)4/h7-24H,1-6H3. The summed E-state index contributed by atoms with van der Waals surface area (Å²) in [5.41, 5.74) is 3.63. The zero-order valence-electron chi connectivity index (χ0n) is 22.9. The van der Waals surface area contributed by atoms with Gasteiger partial charge in [-0.25, -0.2) is 8.42 Å². The Morgan fingerprint density at radius 1 is 0.579 bits per heavy atom. The Hall–Kier alpha value is -3.57. The first-order chi connectivity index (χ1) is 18.0. The van der Waals surface area contributed by atoms with Gasteiger partial charge in [-0.05, 0) is 97.1 Å². The zero-order chi connectivity index (χ0) is 27.5. The molecule has 4 rings (SSSR count). The van der Waals surface area contributed by atoms with Crippen molar-refractivity contribution in [2.24, 2.45) is 0 Å². The molecule has 0 aliphatic carbocycles. The van der Waals surface area contributed by atoms with Gasteiger partial charge in [-0.1, -0.05) is 64.1 Å². The van der Waals surface area contributed by atoms with Gasteiger partial charge in [0.15, 0.2) is 0 Å². The number of sulfone groups is 1. The predicted molar refractivity (Wildman–Crippen MR) is 153 cm³/mol. The second-order valence-corrected chi connectivity index (χ2v) is 12.6. The molecule has 0 N–H and O–H groups in total. The van der Waals surface area contributed by atoms with Gasteiger partial charge in [0, 0.05) is 5.41 Å². The van der Waals surface area contributed by atoms with Gasteiger partial charge >= 0.3 is 0 Å². The molecule has 38 heavy (non-hydrogen) atoms. The molecule has 0 spiro atoms. The third kappa shape index (κ3) is 6.11. The molecule has 0 aliphatic rings. The van der Waals surface area contributed by atoms with Crippen LogP contribution in [0.2, 0.25) is 0 Å². The lowest BCUT2D eigenvalue weighted by atomic mass is 9.77. The van der Waals surface area contributed by atoms with E-state index in [2.05, 4.69) is 64.1 Å². The molecule has 198 valence electrons. The highest BCUT2D eigenvalue weighted by atomic mass is 32.2. The van der Waals surface area contributed by atoms with E-state index in [9.17, 15) is 8.42 Å². The SMILES string of the molecule is CC(C)Oc1ccc(S(=O)(=O)c2ccc(Oc3ccc(C(C)(C)c4ccc(C(C)C)cc4)cc3)cc2)cc1. The monoisotopic (exact) mass is 528 g/mol. The van der Waals surface area contributed by atoms with Gasteiger partial charge in [0.05, 0.1) is 15.9 Å². The molecular weight excluding hydrogens is 492 g/mol.